The van der Waals surface area contributed by atoms with E-state index in [0.717, 1.165) is 45.6 Å². The van der Waals surface area contributed by atoms with Crippen molar-refractivity contribution in [1.82, 2.24) is 4.90 Å². The van der Waals surface area contributed by atoms with Crippen molar-refractivity contribution in [1.29, 1.82) is 0 Å². The highest BCUT2D eigenvalue weighted by molar-refractivity contribution is 5.77. The van der Waals surface area contributed by atoms with Crippen molar-refractivity contribution in [2.24, 2.45) is 5.92 Å². The highest BCUT2D eigenvalue weighted by Crippen LogP contribution is 2.34. The summed E-state index contributed by atoms with van der Waals surface area (Å²) in [5.74, 6) is 1.25. The summed E-state index contributed by atoms with van der Waals surface area (Å²) in [5.41, 5.74) is 2.85. The molecule has 0 saturated carbocycles. The molecule has 3 nitrogen and oxygen atoms in total. The van der Waals surface area contributed by atoms with Crippen LogP contribution in [-0.2, 0) is 16.0 Å². The summed E-state index contributed by atoms with van der Waals surface area (Å²) in [7, 11) is 0. The largest absolute Gasteiger partial charge is 0.381 e. The van der Waals surface area contributed by atoms with Gasteiger partial charge in [-0.05, 0) is 49.7 Å². The van der Waals surface area contributed by atoms with E-state index in [-0.39, 0.29) is 0 Å². The van der Waals surface area contributed by atoms with Gasteiger partial charge in [-0.25, -0.2) is 0 Å². The molecule has 1 saturated heterocycles. The fourth-order valence-corrected chi connectivity index (χ4v) is 3.85. The van der Waals surface area contributed by atoms with Crippen molar-refractivity contribution in [2.45, 2.75) is 44.9 Å². The average molecular weight is 301 g/mol. The van der Waals surface area contributed by atoms with Gasteiger partial charge in [0, 0.05) is 32.0 Å². The third-order valence-electron chi connectivity index (χ3n) is 5.15. The van der Waals surface area contributed by atoms with Gasteiger partial charge in [0.2, 0.25) is 5.91 Å². The predicted octanol–water partition coefficient (Wildman–Crippen LogP) is 3.38. The van der Waals surface area contributed by atoms with Crippen LogP contribution < -0.4 is 0 Å². The first-order chi connectivity index (χ1) is 10.8. The van der Waals surface area contributed by atoms with Gasteiger partial charge in [0.05, 0.1) is 6.61 Å². The molecule has 1 aliphatic carbocycles. The minimum Gasteiger partial charge on any atom is -0.381 e. The van der Waals surface area contributed by atoms with Gasteiger partial charge in [0.15, 0.2) is 0 Å². The third kappa shape index (κ3) is 3.52. The van der Waals surface area contributed by atoms with Crippen molar-refractivity contribution < 1.29 is 9.53 Å². The van der Waals surface area contributed by atoms with Crippen LogP contribution in [0.3, 0.4) is 0 Å². The summed E-state index contributed by atoms with van der Waals surface area (Å²) in [5, 5.41) is 0. The molecule has 120 valence electrons. The van der Waals surface area contributed by atoms with Gasteiger partial charge in [-0.15, -0.1) is 0 Å². The van der Waals surface area contributed by atoms with E-state index in [1.165, 1.54) is 17.5 Å². The summed E-state index contributed by atoms with van der Waals surface area (Å²) in [6.45, 7) is 5.43. The summed E-state index contributed by atoms with van der Waals surface area (Å²) < 4.78 is 5.44. The minimum absolute atomic E-state index is 0.316. The predicted molar refractivity (Wildman–Crippen MR) is 87.9 cm³/mol. The molecule has 1 heterocycles. The van der Waals surface area contributed by atoms with Crippen molar-refractivity contribution in [2.75, 3.05) is 26.3 Å². The lowest BCUT2D eigenvalue weighted by molar-refractivity contribution is -0.132. The van der Waals surface area contributed by atoms with E-state index in [9.17, 15) is 4.79 Å². The zero-order chi connectivity index (χ0) is 15.4. The Morgan fingerprint density at radius 3 is 2.95 bits per heavy atom. The molecule has 1 aromatic rings. The zero-order valence-electron chi connectivity index (χ0n) is 13.6. The molecular weight excluding hydrogens is 274 g/mol. The van der Waals surface area contributed by atoms with Gasteiger partial charge in [-0.1, -0.05) is 24.3 Å². The summed E-state index contributed by atoms with van der Waals surface area (Å²) in [6, 6.07) is 8.66. The Hall–Kier alpha value is -1.35. The molecule has 3 rings (SSSR count). The van der Waals surface area contributed by atoms with E-state index in [4.69, 9.17) is 4.74 Å². The van der Waals surface area contributed by atoms with Crippen LogP contribution in [0.2, 0.25) is 0 Å². The number of fused-ring (bicyclic) bond motifs is 1. The maximum atomic E-state index is 12.7. The molecule has 2 aliphatic rings. The fourth-order valence-electron chi connectivity index (χ4n) is 3.85. The second-order valence-electron chi connectivity index (χ2n) is 6.65. The summed E-state index contributed by atoms with van der Waals surface area (Å²) >= 11 is 0. The number of benzene rings is 1. The third-order valence-corrected chi connectivity index (χ3v) is 5.15. The lowest BCUT2D eigenvalue weighted by Gasteiger charge is -2.29. The quantitative estimate of drug-likeness (QED) is 0.834. The van der Waals surface area contributed by atoms with Crippen LogP contribution in [0.1, 0.15) is 49.7 Å². The molecule has 1 aliphatic heterocycles. The number of hydrogen-bond donors (Lipinski definition) is 0. The Bertz CT molecular complexity index is 508. The SMILES string of the molecule is CCN(C[C@H]1CCOC1)C(=O)C[C@H]1CCCc2ccccc21. The van der Waals surface area contributed by atoms with Crippen LogP contribution in [0.15, 0.2) is 24.3 Å². The highest BCUT2D eigenvalue weighted by Gasteiger charge is 2.26. The van der Waals surface area contributed by atoms with Crippen molar-refractivity contribution in [3.05, 3.63) is 35.4 Å². The zero-order valence-corrected chi connectivity index (χ0v) is 13.6. The van der Waals surface area contributed by atoms with Gasteiger partial charge >= 0.3 is 0 Å². The minimum atomic E-state index is 0.316. The number of hydrogen-bond acceptors (Lipinski definition) is 2. The summed E-state index contributed by atoms with van der Waals surface area (Å²) in [6.07, 6.45) is 5.27. The standard InChI is InChI=1S/C19H27NO2/c1-2-20(13-15-10-11-22-14-15)19(21)12-17-8-5-7-16-6-3-4-9-18(16)17/h3-4,6,9,15,17H,2,5,7-8,10-14H2,1H3/t15-,17-/m1/s1. The number of nitrogens with zero attached hydrogens (tertiary/aromatic N) is 1. The molecule has 0 N–H and O–H groups in total. The first-order valence-corrected chi connectivity index (χ1v) is 8.71. The van der Waals surface area contributed by atoms with Gasteiger partial charge in [0.25, 0.3) is 0 Å². The smallest absolute Gasteiger partial charge is 0.223 e. The molecule has 2 atom stereocenters. The first-order valence-electron chi connectivity index (χ1n) is 8.71. The van der Waals surface area contributed by atoms with E-state index in [2.05, 4.69) is 31.2 Å². The molecule has 1 amide bonds. The molecule has 0 unspecified atom stereocenters. The van der Waals surface area contributed by atoms with Crippen molar-refractivity contribution in [3.63, 3.8) is 0 Å². The number of amides is 1. The first kappa shape index (κ1) is 15.5. The normalized spacial score (nSPS) is 24.0. The molecule has 1 aromatic carbocycles. The van der Waals surface area contributed by atoms with E-state index in [1.54, 1.807) is 0 Å². The maximum Gasteiger partial charge on any atom is 0.223 e. The van der Waals surface area contributed by atoms with Gasteiger partial charge in [0.1, 0.15) is 0 Å². The van der Waals surface area contributed by atoms with E-state index in [1.807, 2.05) is 4.90 Å². The molecule has 22 heavy (non-hydrogen) atoms. The lowest BCUT2D eigenvalue weighted by Crippen LogP contribution is -2.36. The molecular formula is C19H27NO2. The number of rotatable bonds is 5. The molecule has 1 fully saturated rings. The van der Waals surface area contributed by atoms with Gasteiger partial charge < -0.3 is 9.64 Å². The second kappa shape index (κ2) is 7.28. The Morgan fingerprint density at radius 1 is 1.32 bits per heavy atom. The molecule has 0 aromatic heterocycles. The van der Waals surface area contributed by atoms with Crippen LogP contribution in [0.4, 0.5) is 0 Å². The fraction of sp³-hybridized carbons (Fsp3) is 0.632. The topological polar surface area (TPSA) is 29.5 Å². The van der Waals surface area contributed by atoms with Crippen LogP contribution in [-0.4, -0.2) is 37.1 Å². The average Bonchev–Trinajstić information content (AvgIpc) is 3.06. The number of carbonyl (C=O) groups excluding carboxylic acids is 1. The second-order valence-corrected chi connectivity index (χ2v) is 6.65. The van der Waals surface area contributed by atoms with Crippen LogP contribution in [0.5, 0.6) is 0 Å². The maximum absolute atomic E-state index is 12.7. The van der Waals surface area contributed by atoms with Gasteiger partial charge in [-0.3, -0.25) is 4.79 Å². The highest BCUT2D eigenvalue weighted by atomic mass is 16.5. The van der Waals surface area contributed by atoms with Crippen LogP contribution in [0.25, 0.3) is 0 Å². The summed E-state index contributed by atoms with van der Waals surface area (Å²) in [4.78, 5) is 14.8. The Labute approximate surface area is 133 Å². The number of aryl methyl sites for hydroxylation is 1. The lowest BCUT2D eigenvalue weighted by atomic mass is 9.81. The van der Waals surface area contributed by atoms with Crippen molar-refractivity contribution in [3.8, 4) is 0 Å². The van der Waals surface area contributed by atoms with E-state index in [0.29, 0.717) is 24.2 Å². The van der Waals surface area contributed by atoms with E-state index >= 15 is 0 Å². The molecule has 0 radical (unpaired) electrons. The van der Waals surface area contributed by atoms with E-state index < -0.39 is 0 Å². The number of carbonyl (C=O) groups is 1. The molecule has 3 heteroatoms. The number of ether oxygens (including phenoxy) is 1. The monoisotopic (exact) mass is 301 g/mol. The molecule has 0 spiro atoms. The van der Waals surface area contributed by atoms with Gasteiger partial charge in [-0.2, -0.15) is 0 Å². The van der Waals surface area contributed by atoms with Crippen LogP contribution >= 0.6 is 0 Å². The van der Waals surface area contributed by atoms with Crippen LogP contribution in [0, 0.1) is 5.92 Å². The Kier molecular flexibility index (Phi) is 5.14. The Morgan fingerprint density at radius 2 is 2.18 bits per heavy atom. The Balaban J connectivity index is 1.63. The molecule has 0 bridgehead atoms. The van der Waals surface area contributed by atoms with Crippen molar-refractivity contribution >= 4 is 5.91 Å².